The van der Waals surface area contributed by atoms with Gasteiger partial charge in [0.1, 0.15) is 0 Å². The third-order valence-electron chi connectivity index (χ3n) is 2.64. The van der Waals surface area contributed by atoms with Gasteiger partial charge in [-0.1, -0.05) is 13.3 Å². The Morgan fingerprint density at radius 1 is 1.56 bits per heavy atom. The van der Waals surface area contributed by atoms with Gasteiger partial charge in [-0.25, -0.2) is 0 Å². The van der Waals surface area contributed by atoms with E-state index in [1.165, 1.54) is 19.3 Å². The molecule has 1 atom stereocenters. The van der Waals surface area contributed by atoms with E-state index in [-0.39, 0.29) is 6.04 Å². The second-order valence-electron chi connectivity index (χ2n) is 3.35. The second-order valence-corrected chi connectivity index (χ2v) is 3.35. The lowest BCUT2D eigenvalue weighted by Gasteiger charge is -2.42. The minimum atomic E-state index is 0.228. The van der Waals surface area contributed by atoms with Crippen molar-refractivity contribution in [1.29, 1.82) is 0 Å². The Kier molecular flexibility index (Phi) is 1.78. The van der Waals surface area contributed by atoms with Crippen LogP contribution in [0, 0.1) is 5.41 Å². The first kappa shape index (κ1) is 7.03. The van der Waals surface area contributed by atoms with Crippen LogP contribution in [0.15, 0.2) is 0 Å². The fourth-order valence-electron chi connectivity index (χ4n) is 1.39. The lowest BCUT2D eigenvalue weighted by molar-refractivity contribution is 0.123. The van der Waals surface area contributed by atoms with Crippen molar-refractivity contribution in [3.8, 4) is 0 Å². The van der Waals surface area contributed by atoms with E-state index in [0.29, 0.717) is 12.0 Å². The predicted octanol–water partition coefficient (Wildman–Crippen LogP) is 0.463. The smallest absolute Gasteiger partial charge is 0.0217 e. The lowest BCUT2D eigenvalue weighted by atomic mass is 9.66. The highest BCUT2D eigenvalue weighted by atomic mass is 14.8. The number of nitrogens with two attached hydrogens (primary N) is 2. The molecule has 1 saturated carbocycles. The van der Waals surface area contributed by atoms with Crippen LogP contribution in [0.3, 0.4) is 0 Å². The molecule has 9 heavy (non-hydrogen) atoms. The molecule has 2 heteroatoms. The van der Waals surface area contributed by atoms with Crippen molar-refractivity contribution in [2.45, 2.75) is 32.2 Å². The van der Waals surface area contributed by atoms with E-state index in [1.54, 1.807) is 0 Å². The van der Waals surface area contributed by atoms with Gasteiger partial charge in [0.25, 0.3) is 0 Å². The van der Waals surface area contributed by atoms with Gasteiger partial charge >= 0.3 is 0 Å². The molecule has 2 nitrogen and oxygen atoms in total. The summed E-state index contributed by atoms with van der Waals surface area (Å²) in [4.78, 5) is 0. The third-order valence-corrected chi connectivity index (χ3v) is 2.64. The Balaban J connectivity index is 2.38. The SMILES string of the molecule is CC1([C@@H](N)CN)CCC1. The molecule has 0 aromatic rings. The molecule has 0 spiro atoms. The zero-order valence-electron chi connectivity index (χ0n) is 6.06. The fraction of sp³-hybridized carbons (Fsp3) is 1.00. The maximum absolute atomic E-state index is 5.79. The van der Waals surface area contributed by atoms with Crippen molar-refractivity contribution in [2.75, 3.05) is 6.54 Å². The van der Waals surface area contributed by atoms with E-state index < -0.39 is 0 Å². The van der Waals surface area contributed by atoms with E-state index in [0.717, 1.165) is 0 Å². The predicted molar refractivity (Wildman–Crippen MR) is 39.0 cm³/mol. The van der Waals surface area contributed by atoms with Crippen LogP contribution >= 0.6 is 0 Å². The van der Waals surface area contributed by atoms with Crippen LogP contribution in [-0.2, 0) is 0 Å². The fourth-order valence-corrected chi connectivity index (χ4v) is 1.39. The van der Waals surface area contributed by atoms with E-state index in [1.807, 2.05) is 0 Å². The van der Waals surface area contributed by atoms with Gasteiger partial charge in [0, 0.05) is 12.6 Å². The van der Waals surface area contributed by atoms with Crippen molar-refractivity contribution in [1.82, 2.24) is 0 Å². The summed E-state index contributed by atoms with van der Waals surface area (Å²) in [5.41, 5.74) is 11.6. The van der Waals surface area contributed by atoms with Gasteiger partial charge in [0.05, 0.1) is 0 Å². The number of rotatable bonds is 2. The van der Waals surface area contributed by atoms with Crippen LogP contribution in [0.25, 0.3) is 0 Å². The molecule has 1 aliphatic carbocycles. The molecular weight excluding hydrogens is 112 g/mol. The van der Waals surface area contributed by atoms with Crippen LogP contribution < -0.4 is 11.5 Å². The van der Waals surface area contributed by atoms with Crippen LogP contribution in [0.5, 0.6) is 0 Å². The van der Waals surface area contributed by atoms with Crippen molar-refractivity contribution in [3.05, 3.63) is 0 Å². The summed E-state index contributed by atoms with van der Waals surface area (Å²) in [6.45, 7) is 2.87. The summed E-state index contributed by atoms with van der Waals surface area (Å²) in [5.74, 6) is 0. The zero-order valence-corrected chi connectivity index (χ0v) is 6.06. The Hall–Kier alpha value is -0.0800. The molecule has 1 rings (SSSR count). The molecular formula is C7H16N2. The first-order valence-electron chi connectivity index (χ1n) is 3.65. The first-order valence-corrected chi connectivity index (χ1v) is 3.65. The number of hydrogen-bond donors (Lipinski definition) is 2. The summed E-state index contributed by atoms with van der Waals surface area (Å²) in [6, 6.07) is 0.228. The molecule has 0 unspecified atom stereocenters. The van der Waals surface area contributed by atoms with Gasteiger partial charge in [0.2, 0.25) is 0 Å². The highest BCUT2D eigenvalue weighted by Gasteiger charge is 2.36. The zero-order chi connectivity index (χ0) is 6.91. The molecule has 0 heterocycles. The molecule has 0 aromatic carbocycles. The van der Waals surface area contributed by atoms with Crippen molar-refractivity contribution >= 4 is 0 Å². The highest BCUT2D eigenvalue weighted by molar-refractivity contribution is 4.92. The maximum atomic E-state index is 5.79. The average molecular weight is 128 g/mol. The van der Waals surface area contributed by atoms with Gasteiger partial charge < -0.3 is 11.5 Å². The van der Waals surface area contributed by atoms with Crippen molar-refractivity contribution < 1.29 is 0 Å². The van der Waals surface area contributed by atoms with Gasteiger partial charge in [-0.3, -0.25) is 0 Å². The Bertz CT molecular complexity index is 97.1. The average Bonchev–Trinajstić information content (AvgIpc) is 1.81. The normalized spacial score (nSPS) is 27.0. The Morgan fingerprint density at radius 2 is 2.11 bits per heavy atom. The standard InChI is InChI=1S/C7H16N2/c1-7(3-2-4-7)6(9)5-8/h6H,2-5,8-9H2,1H3/t6-/m0/s1. The monoisotopic (exact) mass is 128 g/mol. The molecule has 1 aliphatic rings. The van der Waals surface area contributed by atoms with Crippen LogP contribution in [0.4, 0.5) is 0 Å². The van der Waals surface area contributed by atoms with Crippen molar-refractivity contribution in [3.63, 3.8) is 0 Å². The lowest BCUT2D eigenvalue weighted by Crippen LogP contribution is -2.48. The third kappa shape index (κ3) is 1.10. The minimum Gasteiger partial charge on any atom is -0.329 e. The van der Waals surface area contributed by atoms with Crippen LogP contribution in [-0.4, -0.2) is 12.6 Å². The summed E-state index contributed by atoms with van der Waals surface area (Å²) in [6.07, 6.45) is 3.88. The molecule has 0 radical (unpaired) electrons. The van der Waals surface area contributed by atoms with Crippen LogP contribution in [0.1, 0.15) is 26.2 Å². The van der Waals surface area contributed by atoms with E-state index in [4.69, 9.17) is 11.5 Å². The molecule has 0 bridgehead atoms. The second kappa shape index (κ2) is 2.27. The van der Waals surface area contributed by atoms with Gasteiger partial charge in [-0.15, -0.1) is 0 Å². The molecule has 0 saturated heterocycles. The summed E-state index contributed by atoms with van der Waals surface area (Å²) in [5, 5.41) is 0. The minimum absolute atomic E-state index is 0.228. The molecule has 54 valence electrons. The number of hydrogen-bond acceptors (Lipinski definition) is 2. The van der Waals surface area contributed by atoms with Gasteiger partial charge in [0.15, 0.2) is 0 Å². The molecule has 0 aromatic heterocycles. The summed E-state index contributed by atoms with van der Waals surface area (Å²) >= 11 is 0. The van der Waals surface area contributed by atoms with Gasteiger partial charge in [-0.05, 0) is 18.3 Å². The molecule has 4 N–H and O–H groups in total. The summed E-state index contributed by atoms with van der Waals surface area (Å²) < 4.78 is 0. The van der Waals surface area contributed by atoms with E-state index in [2.05, 4.69) is 6.92 Å². The Labute approximate surface area is 56.6 Å². The van der Waals surface area contributed by atoms with E-state index >= 15 is 0 Å². The van der Waals surface area contributed by atoms with Crippen molar-refractivity contribution in [2.24, 2.45) is 16.9 Å². The largest absolute Gasteiger partial charge is 0.329 e. The van der Waals surface area contributed by atoms with Crippen LogP contribution in [0.2, 0.25) is 0 Å². The Morgan fingerprint density at radius 3 is 2.22 bits per heavy atom. The topological polar surface area (TPSA) is 52.0 Å². The molecule has 1 fully saturated rings. The quantitative estimate of drug-likeness (QED) is 0.567. The first-order chi connectivity index (χ1) is 4.19. The summed E-state index contributed by atoms with van der Waals surface area (Å²) in [7, 11) is 0. The highest BCUT2D eigenvalue weighted by Crippen LogP contribution is 2.42. The maximum Gasteiger partial charge on any atom is 0.0217 e. The molecule has 0 amide bonds. The molecule has 0 aliphatic heterocycles. The van der Waals surface area contributed by atoms with Gasteiger partial charge in [-0.2, -0.15) is 0 Å². The van der Waals surface area contributed by atoms with E-state index in [9.17, 15) is 0 Å².